The number of halogens is 3. The molecule has 6 nitrogen and oxygen atoms in total. The van der Waals surface area contributed by atoms with E-state index in [9.17, 15) is 14.0 Å². The molecule has 0 aliphatic carbocycles. The fourth-order valence-corrected chi connectivity index (χ4v) is 4.76. The molecule has 0 N–H and O–H groups in total. The second-order valence-corrected chi connectivity index (χ2v) is 8.22. The Hall–Kier alpha value is -3.49. The van der Waals surface area contributed by atoms with Crippen molar-refractivity contribution in [2.24, 2.45) is 14.1 Å². The van der Waals surface area contributed by atoms with Crippen LogP contribution in [-0.2, 0) is 20.6 Å². The number of furan rings is 1. The maximum Gasteiger partial charge on any atom is 0.331 e. The van der Waals surface area contributed by atoms with Gasteiger partial charge in [0.15, 0.2) is 0 Å². The highest BCUT2D eigenvalue weighted by atomic mass is 19.3. The average Bonchev–Trinajstić information content (AvgIpc) is 3.31. The zero-order valence-electron chi connectivity index (χ0n) is 17.7. The quantitative estimate of drug-likeness (QED) is 0.472. The molecule has 1 unspecified atom stereocenters. The van der Waals surface area contributed by atoms with E-state index in [1.807, 2.05) is 0 Å². The Morgan fingerprint density at radius 2 is 1.84 bits per heavy atom. The van der Waals surface area contributed by atoms with Crippen LogP contribution >= 0.6 is 0 Å². The van der Waals surface area contributed by atoms with E-state index >= 15 is 8.78 Å². The van der Waals surface area contributed by atoms with Crippen molar-refractivity contribution in [1.29, 1.82) is 0 Å². The zero-order valence-corrected chi connectivity index (χ0v) is 17.7. The largest absolute Gasteiger partial charge is 0.465 e. The number of benzene rings is 1. The number of alkyl halides is 2. The summed E-state index contributed by atoms with van der Waals surface area (Å²) in [6, 6.07) is 8.72. The van der Waals surface area contributed by atoms with Gasteiger partial charge in [-0.2, -0.15) is 0 Å². The van der Waals surface area contributed by atoms with E-state index < -0.39 is 35.3 Å². The first-order valence-corrected chi connectivity index (χ1v) is 10.1. The van der Waals surface area contributed by atoms with E-state index in [-0.39, 0.29) is 28.9 Å². The number of nitrogens with zero attached hydrogens (tertiary/aromatic N) is 3. The summed E-state index contributed by atoms with van der Waals surface area (Å²) in [6.45, 7) is 1.56. The third kappa shape index (κ3) is 2.73. The Labute approximate surface area is 180 Å². The van der Waals surface area contributed by atoms with E-state index in [1.165, 1.54) is 42.9 Å². The van der Waals surface area contributed by atoms with E-state index in [4.69, 9.17) is 4.42 Å². The highest BCUT2D eigenvalue weighted by molar-refractivity contribution is 5.96. The lowest BCUT2D eigenvalue weighted by Crippen LogP contribution is -2.38. The van der Waals surface area contributed by atoms with Crippen LogP contribution in [0.5, 0.6) is 0 Å². The maximum absolute atomic E-state index is 15.4. The Morgan fingerprint density at radius 3 is 2.50 bits per heavy atom. The first-order chi connectivity index (χ1) is 15.1. The second-order valence-electron chi connectivity index (χ2n) is 8.22. The molecule has 4 aromatic rings. The van der Waals surface area contributed by atoms with Gasteiger partial charge < -0.3 is 8.98 Å². The fourth-order valence-electron chi connectivity index (χ4n) is 4.76. The van der Waals surface area contributed by atoms with Crippen LogP contribution < -0.4 is 11.2 Å². The van der Waals surface area contributed by atoms with Crippen molar-refractivity contribution in [3.05, 3.63) is 80.3 Å². The molecule has 0 fully saturated rings. The minimum Gasteiger partial charge on any atom is -0.465 e. The van der Waals surface area contributed by atoms with Crippen LogP contribution in [0.1, 0.15) is 29.6 Å². The fraction of sp³-hybridized carbons (Fsp3) is 0.304. The van der Waals surface area contributed by atoms with E-state index in [1.54, 1.807) is 23.6 Å². The number of fused-ring (bicyclic) bond motifs is 3. The summed E-state index contributed by atoms with van der Waals surface area (Å²) >= 11 is 0. The SMILES string of the molecule is Cc1ccc(C2c3c4c(c(-c5cccc(F)c5)n3CCC2(F)F)c(=O)n(C)c(=O)n4C)o1. The number of aromatic nitrogens is 3. The van der Waals surface area contributed by atoms with Crippen molar-refractivity contribution in [2.45, 2.75) is 31.7 Å². The van der Waals surface area contributed by atoms with Crippen molar-refractivity contribution in [2.75, 3.05) is 0 Å². The molecule has 32 heavy (non-hydrogen) atoms. The summed E-state index contributed by atoms with van der Waals surface area (Å²) in [4.78, 5) is 26.0. The maximum atomic E-state index is 15.4. The van der Waals surface area contributed by atoms with Crippen molar-refractivity contribution < 1.29 is 17.6 Å². The predicted octanol–water partition coefficient (Wildman–Crippen LogP) is 3.92. The molecule has 3 aromatic heterocycles. The van der Waals surface area contributed by atoms with Crippen molar-refractivity contribution in [1.82, 2.24) is 13.7 Å². The standard InChI is InChI=1S/C23H20F3N3O3/c1-12-7-8-15(32-12)17-20-19-16(21(30)28(3)22(31)27(19)2)18(13-5-4-6-14(24)11-13)29(20)10-9-23(17,25)26/h4-8,11,17H,9-10H2,1-3H3. The monoisotopic (exact) mass is 443 g/mol. The number of hydrogen-bond acceptors (Lipinski definition) is 3. The van der Waals surface area contributed by atoms with Gasteiger partial charge in [0.25, 0.3) is 11.5 Å². The van der Waals surface area contributed by atoms with Crippen LogP contribution in [0.15, 0.2) is 50.4 Å². The van der Waals surface area contributed by atoms with Gasteiger partial charge in [-0.05, 0) is 31.2 Å². The molecular weight excluding hydrogens is 423 g/mol. The molecule has 0 saturated heterocycles. The lowest BCUT2D eigenvalue weighted by atomic mass is 9.89. The van der Waals surface area contributed by atoms with Gasteiger partial charge in [0.05, 0.1) is 22.3 Å². The molecular formula is C23H20F3N3O3. The van der Waals surface area contributed by atoms with E-state index in [0.29, 0.717) is 17.0 Å². The molecule has 166 valence electrons. The molecule has 9 heteroatoms. The first kappa shape index (κ1) is 20.4. The number of aryl methyl sites for hydroxylation is 2. The Morgan fingerprint density at radius 1 is 1.09 bits per heavy atom. The molecule has 1 aromatic carbocycles. The molecule has 4 heterocycles. The van der Waals surface area contributed by atoms with E-state index in [0.717, 1.165) is 4.57 Å². The summed E-state index contributed by atoms with van der Waals surface area (Å²) in [7, 11) is 2.77. The topological polar surface area (TPSA) is 62.1 Å². The lowest BCUT2D eigenvalue weighted by Gasteiger charge is -2.33. The van der Waals surface area contributed by atoms with Gasteiger partial charge in [-0.3, -0.25) is 13.9 Å². The minimum absolute atomic E-state index is 0.0479. The molecule has 0 bridgehead atoms. The minimum atomic E-state index is -3.18. The van der Waals surface area contributed by atoms with Gasteiger partial charge in [-0.1, -0.05) is 12.1 Å². The normalized spacial score (nSPS) is 17.6. The van der Waals surface area contributed by atoms with Crippen molar-refractivity contribution >= 4 is 10.9 Å². The zero-order chi connectivity index (χ0) is 22.9. The van der Waals surface area contributed by atoms with Crippen LogP contribution in [0.3, 0.4) is 0 Å². The highest BCUT2D eigenvalue weighted by Gasteiger charge is 2.50. The van der Waals surface area contributed by atoms with E-state index in [2.05, 4.69) is 0 Å². The van der Waals surface area contributed by atoms with Gasteiger partial charge in [0.2, 0.25) is 0 Å². The van der Waals surface area contributed by atoms with Gasteiger partial charge in [-0.15, -0.1) is 0 Å². The second kappa shape index (κ2) is 6.75. The summed E-state index contributed by atoms with van der Waals surface area (Å²) < 4.78 is 54.2. The highest BCUT2D eigenvalue weighted by Crippen LogP contribution is 2.50. The summed E-state index contributed by atoms with van der Waals surface area (Å²) in [5.41, 5.74) is -0.351. The number of rotatable bonds is 2. The molecule has 5 rings (SSSR count). The molecule has 0 radical (unpaired) electrons. The Bertz CT molecular complexity index is 1510. The molecule has 0 spiro atoms. The van der Waals surface area contributed by atoms with Gasteiger partial charge in [-0.25, -0.2) is 18.0 Å². The summed E-state index contributed by atoms with van der Waals surface area (Å²) in [5.74, 6) is -4.69. The van der Waals surface area contributed by atoms with Crippen molar-refractivity contribution in [3.63, 3.8) is 0 Å². The van der Waals surface area contributed by atoms with Crippen LogP contribution in [0.25, 0.3) is 22.2 Å². The van der Waals surface area contributed by atoms with Gasteiger partial charge in [0.1, 0.15) is 23.3 Å². The Balaban J connectivity index is 2.01. The molecule has 1 aliphatic rings. The van der Waals surface area contributed by atoms with Crippen LogP contribution in [0.2, 0.25) is 0 Å². The van der Waals surface area contributed by atoms with Crippen molar-refractivity contribution in [3.8, 4) is 11.3 Å². The van der Waals surface area contributed by atoms with Crippen LogP contribution in [0, 0.1) is 12.7 Å². The third-order valence-electron chi connectivity index (χ3n) is 6.21. The smallest absolute Gasteiger partial charge is 0.331 e. The predicted molar refractivity (Wildman–Crippen MR) is 113 cm³/mol. The molecule has 0 amide bonds. The van der Waals surface area contributed by atoms with Gasteiger partial charge in [0, 0.05) is 32.6 Å². The Kier molecular flexibility index (Phi) is 4.31. The first-order valence-electron chi connectivity index (χ1n) is 10.1. The van der Waals surface area contributed by atoms with Crippen LogP contribution in [0.4, 0.5) is 13.2 Å². The van der Waals surface area contributed by atoms with Gasteiger partial charge >= 0.3 is 5.69 Å². The molecule has 1 aliphatic heterocycles. The van der Waals surface area contributed by atoms with Crippen LogP contribution in [-0.4, -0.2) is 19.6 Å². The third-order valence-corrected chi connectivity index (χ3v) is 6.21. The summed E-state index contributed by atoms with van der Waals surface area (Å²) in [5, 5.41) is 0.0983. The lowest BCUT2D eigenvalue weighted by molar-refractivity contribution is -0.0446. The molecule has 1 atom stereocenters. The molecule has 0 saturated carbocycles. The number of hydrogen-bond donors (Lipinski definition) is 0. The summed E-state index contributed by atoms with van der Waals surface area (Å²) in [6.07, 6.45) is -0.498. The average molecular weight is 443 g/mol.